The molecular formula is C13H27N3O2. The van der Waals surface area contributed by atoms with E-state index in [2.05, 4.69) is 31.0 Å². The molecule has 0 aliphatic carbocycles. The van der Waals surface area contributed by atoms with Crippen LogP contribution in [0.5, 0.6) is 0 Å². The topological polar surface area (TPSA) is 67.6 Å². The van der Waals surface area contributed by atoms with Gasteiger partial charge in [-0.1, -0.05) is 6.92 Å². The highest BCUT2D eigenvalue weighted by molar-refractivity contribution is 5.79. The van der Waals surface area contributed by atoms with Gasteiger partial charge in [0.15, 0.2) is 0 Å². The molecule has 1 fully saturated rings. The van der Waals surface area contributed by atoms with Gasteiger partial charge in [0.25, 0.3) is 0 Å². The number of hydrogen-bond acceptors (Lipinski definition) is 4. The molecule has 0 aromatic carbocycles. The molecule has 1 rings (SSSR count). The summed E-state index contributed by atoms with van der Waals surface area (Å²) in [7, 11) is 0. The Kier molecular flexibility index (Phi) is 6.60. The number of rotatable bonds is 7. The highest BCUT2D eigenvalue weighted by Crippen LogP contribution is 2.11. The Morgan fingerprint density at radius 2 is 2.06 bits per heavy atom. The van der Waals surface area contributed by atoms with Crippen LogP contribution in [0.3, 0.4) is 0 Å². The smallest absolute Gasteiger partial charge is 0.234 e. The highest BCUT2D eigenvalue weighted by Gasteiger charge is 2.23. The predicted octanol–water partition coefficient (Wildman–Crippen LogP) is 0.339. The molecule has 1 heterocycles. The van der Waals surface area contributed by atoms with E-state index in [0.29, 0.717) is 0 Å². The molecule has 0 radical (unpaired) electrons. The fourth-order valence-corrected chi connectivity index (χ4v) is 2.44. The summed E-state index contributed by atoms with van der Waals surface area (Å²) in [4.78, 5) is 13.7. The van der Waals surface area contributed by atoms with Crippen LogP contribution in [0.15, 0.2) is 0 Å². The monoisotopic (exact) mass is 257 g/mol. The minimum atomic E-state index is -0.252. The van der Waals surface area contributed by atoms with E-state index in [-0.39, 0.29) is 24.2 Å². The molecule has 1 amide bonds. The summed E-state index contributed by atoms with van der Waals surface area (Å²) in [5.74, 6) is -0.252. The second kappa shape index (κ2) is 7.71. The highest BCUT2D eigenvalue weighted by atomic mass is 16.5. The Balaban J connectivity index is 2.34. The summed E-state index contributed by atoms with van der Waals surface area (Å²) in [6.45, 7) is 9.85. The molecule has 0 saturated carbocycles. The zero-order valence-corrected chi connectivity index (χ0v) is 11.8. The summed E-state index contributed by atoms with van der Waals surface area (Å²) in [5.41, 5.74) is 5.40. The Bertz CT molecular complexity index is 251. The first-order valence-corrected chi connectivity index (χ1v) is 6.93. The van der Waals surface area contributed by atoms with Crippen LogP contribution in [0, 0.1) is 0 Å². The fraction of sp³-hybridized carbons (Fsp3) is 0.923. The van der Waals surface area contributed by atoms with Crippen molar-refractivity contribution in [1.29, 1.82) is 0 Å². The van der Waals surface area contributed by atoms with Crippen molar-refractivity contribution in [3.05, 3.63) is 0 Å². The first-order chi connectivity index (χ1) is 8.52. The van der Waals surface area contributed by atoms with Crippen molar-refractivity contribution < 1.29 is 9.53 Å². The quantitative estimate of drug-likeness (QED) is 0.690. The summed E-state index contributed by atoms with van der Waals surface area (Å²) >= 11 is 0. The normalized spacial score (nSPS) is 27.1. The predicted molar refractivity (Wildman–Crippen MR) is 72.3 cm³/mol. The van der Waals surface area contributed by atoms with Crippen molar-refractivity contribution in [1.82, 2.24) is 10.2 Å². The van der Waals surface area contributed by atoms with Crippen molar-refractivity contribution in [2.45, 2.75) is 51.9 Å². The molecule has 0 bridgehead atoms. The number of amides is 1. The van der Waals surface area contributed by atoms with E-state index in [4.69, 9.17) is 10.5 Å². The van der Waals surface area contributed by atoms with Gasteiger partial charge in [-0.3, -0.25) is 9.69 Å². The molecule has 18 heavy (non-hydrogen) atoms. The molecule has 0 aromatic rings. The molecule has 0 spiro atoms. The number of nitrogens with two attached hydrogens (primary N) is 1. The van der Waals surface area contributed by atoms with Gasteiger partial charge < -0.3 is 15.8 Å². The van der Waals surface area contributed by atoms with Crippen LogP contribution in [-0.4, -0.2) is 55.2 Å². The Hall–Kier alpha value is -0.650. The van der Waals surface area contributed by atoms with Gasteiger partial charge in [0.05, 0.1) is 18.2 Å². The second-order valence-electron chi connectivity index (χ2n) is 5.21. The molecule has 3 N–H and O–H groups in total. The maximum atomic E-state index is 11.3. The minimum absolute atomic E-state index is 0.210. The summed E-state index contributed by atoms with van der Waals surface area (Å²) < 4.78 is 5.69. The maximum absolute atomic E-state index is 11.3. The van der Waals surface area contributed by atoms with E-state index in [0.717, 1.165) is 39.0 Å². The van der Waals surface area contributed by atoms with Gasteiger partial charge >= 0.3 is 0 Å². The van der Waals surface area contributed by atoms with Gasteiger partial charge in [-0.05, 0) is 33.2 Å². The van der Waals surface area contributed by atoms with E-state index in [9.17, 15) is 4.79 Å². The van der Waals surface area contributed by atoms with Gasteiger partial charge in [-0.15, -0.1) is 0 Å². The van der Waals surface area contributed by atoms with Gasteiger partial charge in [0, 0.05) is 19.6 Å². The number of carbonyl (C=O) groups is 1. The minimum Gasteiger partial charge on any atom is -0.373 e. The average Bonchev–Trinajstić information content (AvgIpc) is 2.27. The van der Waals surface area contributed by atoms with Crippen LogP contribution < -0.4 is 11.1 Å². The van der Waals surface area contributed by atoms with E-state index in [1.165, 1.54) is 0 Å². The molecule has 0 aromatic heterocycles. The molecule has 1 aliphatic heterocycles. The summed E-state index contributed by atoms with van der Waals surface area (Å²) in [5, 5.41) is 3.20. The SMILES string of the molecule is CCCNC(CCN1CC(C)OC(C)C1)C(N)=O. The van der Waals surface area contributed by atoms with Crippen LogP contribution in [0.1, 0.15) is 33.6 Å². The van der Waals surface area contributed by atoms with Gasteiger partial charge in [-0.2, -0.15) is 0 Å². The second-order valence-corrected chi connectivity index (χ2v) is 5.21. The lowest BCUT2D eigenvalue weighted by Gasteiger charge is -2.35. The number of nitrogens with zero attached hydrogens (tertiary/aromatic N) is 1. The van der Waals surface area contributed by atoms with E-state index < -0.39 is 0 Å². The number of ether oxygens (including phenoxy) is 1. The molecule has 3 atom stereocenters. The van der Waals surface area contributed by atoms with Crippen molar-refractivity contribution >= 4 is 5.91 Å². The number of carbonyl (C=O) groups excluding carboxylic acids is 1. The first-order valence-electron chi connectivity index (χ1n) is 6.93. The third-order valence-electron chi connectivity index (χ3n) is 3.21. The largest absolute Gasteiger partial charge is 0.373 e. The van der Waals surface area contributed by atoms with Crippen LogP contribution in [0.25, 0.3) is 0 Å². The molecule has 5 nitrogen and oxygen atoms in total. The van der Waals surface area contributed by atoms with Crippen molar-refractivity contribution in [2.24, 2.45) is 5.73 Å². The van der Waals surface area contributed by atoms with Crippen LogP contribution >= 0.6 is 0 Å². The Morgan fingerprint density at radius 3 is 2.56 bits per heavy atom. The number of morpholine rings is 1. The lowest BCUT2D eigenvalue weighted by Crippen LogP contribution is -2.48. The van der Waals surface area contributed by atoms with E-state index in [1.54, 1.807) is 0 Å². The van der Waals surface area contributed by atoms with Crippen molar-refractivity contribution in [3.8, 4) is 0 Å². The molecule has 106 valence electrons. The molecule has 1 aliphatic rings. The number of primary amides is 1. The standard InChI is InChI=1S/C13H27N3O2/c1-4-6-15-12(13(14)17)5-7-16-8-10(2)18-11(3)9-16/h10-12,15H,4-9H2,1-3H3,(H2,14,17). The molecule has 1 saturated heterocycles. The lowest BCUT2D eigenvalue weighted by atomic mass is 10.1. The molecule has 5 heteroatoms. The number of hydrogen-bond donors (Lipinski definition) is 2. The average molecular weight is 257 g/mol. The van der Waals surface area contributed by atoms with E-state index >= 15 is 0 Å². The zero-order valence-electron chi connectivity index (χ0n) is 11.8. The van der Waals surface area contributed by atoms with Gasteiger partial charge in [0.1, 0.15) is 0 Å². The fourth-order valence-electron chi connectivity index (χ4n) is 2.44. The van der Waals surface area contributed by atoms with Crippen LogP contribution in [0.2, 0.25) is 0 Å². The summed E-state index contributed by atoms with van der Waals surface area (Å²) in [6.07, 6.45) is 2.32. The maximum Gasteiger partial charge on any atom is 0.234 e. The van der Waals surface area contributed by atoms with Gasteiger partial charge in [0.2, 0.25) is 5.91 Å². The van der Waals surface area contributed by atoms with Crippen molar-refractivity contribution in [2.75, 3.05) is 26.2 Å². The molecule has 3 unspecified atom stereocenters. The third kappa shape index (κ3) is 5.33. The van der Waals surface area contributed by atoms with Gasteiger partial charge in [-0.25, -0.2) is 0 Å². The molecular weight excluding hydrogens is 230 g/mol. The Morgan fingerprint density at radius 1 is 1.44 bits per heavy atom. The van der Waals surface area contributed by atoms with Crippen molar-refractivity contribution in [3.63, 3.8) is 0 Å². The summed E-state index contributed by atoms with van der Waals surface area (Å²) in [6, 6.07) is -0.210. The van der Waals surface area contributed by atoms with E-state index in [1.807, 2.05) is 0 Å². The van der Waals surface area contributed by atoms with Crippen LogP contribution in [0.4, 0.5) is 0 Å². The zero-order chi connectivity index (χ0) is 13.5. The third-order valence-corrected chi connectivity index (χ3v) is 3.21. The number of nitrogens with one attached hydrogen (secondary N) is 1. The van der Waals surface area contributed by atoms with Crippen LogP contribution in [-0.2, 0) is 9.53 Å². The Labute approximate surface area is 110 Å². The lowest BCUT2D eigenvalue weighted by molar-refractivity contribution is -0.120. The first kappa shape index (κ1) is 15.4.